The van der Waals surface area contributed by atoms with E-state index in [0.29, 0.717) is 24.3 Å². The smallest absolute Gasteiger partial charge is 0.248 e. The molecule has 9 heteroatoms. The summed E-state index contributed by atoms with van der Waals surface area (Å²) in [6, 6.07) is 14.2. The second-order valence-corrected chi connectivity index (χ2v) is 10.5. The Labute approximate surface area is 238 Å². The van der Waals surface area contributed by atoms with Crippen LogP contribution in [0.3, 0.4) is 0 Å². The predicted molar refractivity (Wildman–Crippen MR) is 160 cm³/mol. The van der Waals surface area contributed by atoms with Crippen molar-refractivity contribution in [3.05, 3.63) is 89.0 Å². The first-order valence-corrected chi connectivity index (χ1v) is 14.1. The number of halogens is 1. The van der Waals surface area contributed by atoms with Gasteiger partial charge in [0.2, 0.25) is 11.8 Å². The van der Waals surface area contributed by atoms with Gasteiger partial charge in [-0.25, -0.2) is 0 Å². The summed E-state index contributed by atoms with van der Waals surface area (Å²) in [4.78, 5) is 28.1. The first kappa shape index (κ1) is 28.8. The van der Waals surface area contributed by atoms with Crippen molar-refractivity contribution in [2.75, 3.05) is 55.8 Å². The summed E-state index contributed by atoms with van der Waals surface area (Å²) in [6.45, 7) is 5.14. The quantitative estimate of drug-likeness (QED) is 0.175. The first-order chi connectivity index (χ1) is 19.0. The minimum absolute atomic E-state index is 0.0594. The van der Waals surface area contributed by atoms with Crippen molar-refractivity contribution in [2.45, 2.75) is 18.9 Å². The summed E-state index contributed by atoms with van der Waals surface area (Å²) >= 11 is 3.43. The second-order valence-electron chi connectivity index (χ2n) is 9.59. The van der Waals surface area contributed by atoms with Crippen LogP contribution in [0.25, 0.3) is 0 Å². The number of morpholine rings is 1. The molecular formula is C30H36BrN5O3. The molecule has 0 spiro atoms. The summed E-state index contributed by atoms with van der Waals surface area (Å²) < 4.78 is 6.38. The van der Waals surface area contributed by atoms with Gasteiger partial charge < -0.3 is 26.4 Å². The highest BCUT2D eigenvalue weighted by molar-refractivity contribution is 9.10. The molecule has 0 bridgehead atoms. The van der Waals surface area contributed by atoms with Crippen LogP contribution in [0.5, 0.6) is 0 Å². The molecule has 2 unspecified atom stereocenters. The van der Waals surface area contributed by atoms with Crippen molar-refractivity contribution < 1.29 is 14.3 Å². The standard InChI is InChI=1S/C30H36BrN5O3/c31-24-11-13-25(14-12-24)34-30(38)29(33-16-3-17-36-18-20-39-21-19-36)23-9-6-22(7-10-23)8-15-28(37)35-27-5-2-1-4-26(27)32/h1-2,4-6,8-15,22,29,33H,3,7,16-21,32H2,(H,34,38)(H,35,37)/b15-8+. The van der Waals surface area contributed by atoms with Gasteiger partial charge in [0.25, 0.3) is 0 Å². The van der Waals surface area contributed by atoms with Gasteiger partial charge in [-0.15, -0.1) is 0 Å². The van der Waals surface area contributed by atoms with E-state index in [0.717, 1.165) is 55.0 Å². The van der Waals surface area contributed by atoms with E-state index in [1.165, 1.54) is 6.08 Å². The van der Waals surface area contributed by atoms with Gasteiger partial charge >= 0.3 is 0 Å². The number of nitrogens with zero attached hydrogens (tertiary/aromatic N) is 1. The van der Waals surface area contributed by atoms with E-state index in [1.807, 2.05) is 54.6 Å². The lowest BCUT2D eigenvalue weighted by Crippen LogP contribution is -2.43. The average Bonchev–Trinajstić information content (AvgIpc) is 2.95. The highest BCUT2D eigenvalue weighted by Gasteiger charge is 2.23. The molecule has 0 aromatic heterocycles. The van der Waals surface area contributed by atoms with Gasteiger partial charge in [-0.2, -0.15) is 0 Å². The van der Waals surface area contributed by atoms with Crippen LogP contribution in [0.2, 0.25) is 0 Å². The molecule has 2 aliphatic rings. The molecule has 1 saturated heterocycles. The number of amides is 2. The molecule has 1 aliphatic carbocycles. The van der Waals surface area contributed by atoms with Gasteiger partial charge in [-0.1, -0.05) is 52.4 Å². The van der Waals surface area contributed by atoms with E-state index < -0.39 is 6.04 Å². The lowest BCUT2D eigenvalue weighted by molar-refractivity contribution is -0.117. The number of anilines is 3. The van der Waals surface area contributed by atoms with Crippen LogP contribution in [-0.4, -0.2) is 62.1 Å². The number of hydrogen-bond donors (Lipinski definition) is 4. The van der Waals surface area contributed by atoms with Gasteiger partial charge in [0.1, 0.15) is 6.04 Å². The summed E-state index contributed by atoms with van der Waals surface area (Å²) in [5.74, 6) is -0.276. The second kappa shape index (κ2) is 14.8. The van der Waals surface area contributed by atoms with Gasteiger partial charge in [0.05, 0.1) is 24.6 Å². The maximum absolute atomic E-state index is 13.3. The van der Waals surface area contributed by atoms with E-state index in [9.17, 15) is 9.59 Å². The number of ether oxygens (including phenoxy) is 1. The molecule has 39 heavy (non-hydrogen) atoms. The predicted octanol–water partition coefficient (Wildman–Crippen LogP) is 4.35. The number of allylic oxidation sites excluding steroid dienone is 3. The Kier molecular flexibility index (Phi) is 10.9. The van der Waals surface area contributed by atoms with Crippen LogP contribution >= 0.6 is 15.9 Å². The fraction of sp³-hybridized carbons (Fsp3) is 0.333. The molecule has 1 fully saturated rings. The SMILES string of the molecule is Nc1ccccc1NC(=O)/C=C/C1C=CC(C(NCCCN2CCOCC2)C(=O)Nc2ccc(Br)cc2)=CC1. The lowest BCUT2D eigenvalue weighted by atomic mass is 9.92. The number of benzene rings is 2. The maximum atomic E-state index is 13.3. The van der Waals surface area contributed by atoms with E-state index in [-0.39, 0.29) is 17.7 Å². The molecule has 0 saturated carbocycles. The molecule has 1 heterocycles. The minimum Gasteiger partial charge on any atom is -0.397 e. The zero-order valence-corrected chi connectivity index (χ0v) is 23.5. The van der Waals surface area contributed by atoms with Crippen LogP contribution in [0.4, 0.5) is 17.1 Å². The summed E-state index contributed by atoms with van der Waals surface area (Å²) in [7, 11) is 0. The van der Waals surface area contributed by atoms with Crippen molar-refractivity contribution >= 4 is 44.8 Å². The molecule has 2 aromatic rings. The van der Waals surface area contributed by atoms with E-state index >= 15 is 0 Å². The molecule has 206 valence electrons. The number of nitrogen functional groups attached to an aromatic ring is 1. The molecule has 8 nitrogen and oxygen atoms in total. The monoisotopic (exact) mass is 593 g/mol. The minimum atomic E-state index is -0.483. The van der Waals surface area contributed by atoms with Gasteiger partial charge in [0, 0.05) is 23.2 Å². The number of para-hydroxylation sites is 2. The van der Waals surface area contributed by atoms with Crippen molar-refractivity contribution in [1.29, 1.82) is 0 Å². The zero-order valence-electron chi connectivity index (χ0n) is 21.9. The Bertz CT molecular complexity index is 1210. The molecular weight excluding hydrogens is 558 g/mol. The van der Waals surface area contributed by atoms with Gasteiger partial charge in [0.15, 0.2) is 0 Å². The van der Waals surface area contributed by atoms with Gasteiger partial charge in [-0.05, 0) is 79.9 Å². The fourth-order valence-corrected chi connectivity index (χ4v) is 4.75. The molecule has 2 aromatic carbocycles. The van der Waals surface area contributed by atoms with Crippen molar-refractivity contribution in [2.24, 2.45) is 5.92 Å². The van der Waals surface area contributed by atoms with Gasteiger partial charge in [-0.3, -0.25) is 14.5 Å². The van der Waals surface area contributed by atoms with Crippen molar-refractivity contribution in [3.63, 3.8) is 0 Å². The molecule has 2 amide bonds. The Morgan fingerprint density at radius 3 is 2.59 bits per heavy atom. The molecule has 4 rings (SSSR count). The van der Waals surface area contributed by atoms with Crippen LogP contribution < -0.4 is 21.7 Å². The Morgan fingerprint density at radius 1 is 1.10 bits per heavy atom. The number of nitrogens with two attached hydrogens (primary N) is 1. The number of rotatable bonds is 11. The third-order valence-electron chi connectivity index (χ3n) is 6.69. The first-order valence-electron chi connectivity index (χ1n) is 13.3. The van der Waals surface area contributed by atoms with E-state index in [1.54, 1.807) is 12.1 Å². The zero-order chi connectivity index (χ0) is 27.5. The summed E-state index contributed by atoms with van der Waals surface area (Å²) in [6.07, 6.45) is 11.1. The average molecular weight is 595 g/mol. The van der Waals surface area contributed by atoms with Crippen LogP contribution in [0, 0.1) is 5.92 Å². The Morgan fingerprint density at radius 2 is 1.87 bits per heavy atom. The van der Waals surface area contributed by atoms with Crippen LogP contribution in [0.15, 0.2) is 89.0 Å². The Hall–Kier alpha value is -3.24. The number of carbonyl (C=O) groups is 2. The lowest BCUT2D eigenvalue weighted by Gasteiger charge is -2.27. The number of carbonyl (C=O) groups excluding carboxylic acids is 2. The maximum Gasteiger partial charge on any atom is 0.248 e. The molecule has 0 radical (unpaired) electrons. The van der Waals surface area contributed by atoms with E-state index in [4.69, 9.17) is 10.5 Å². The largest absolute Gasteiger partial charge is 0.397 e. The number of nitrogens with one attached hydrogen (secondary N) is 3. The molecule has 1 aliphatic heterocycles. The van der Waals surface area contributed by atoms with Crippen molar-refractivity contribution in [1.82, 2.24) is 10.2 Å². The van der Waals surface area contributed by atoms with Crippen LogP contribution in [-0.2, 0) is 14.3 Å². The Balaban J connectivity index is 1.34. The molecule has 5 N–H and O–H groups in total. The van der Waals surface area contributed by atoms with Crippen molar-refractivity contribution in [3.8, 4) is 0 Å². The van der Waals surface area contributed by atoms with Crippen LogP contribution in [0.1, 0.15) is 12.8 Å². The summed E-state index contributed by atoms with van der Waals surface area (Å²) in [5.41, 5.74) is 8.68. The third-order valence-corrected chi connectivity index (χ3v) is 7.21. The summed E-state index contributed by atoms with van der Waals surface area (Å²) in [5, 5.41) is 9.30. The highest BCUT2D eigenvalue weighted by atomic mass is 79.9. The fourth-order valence-electron chi connectivity index (χ4n) is 4.49. The van der Waals surface area contributed by atoms with E-state index in [2.05, 4.69) is 42.9 Å². The number of hydrogen-bond acceptors (Lipinski definition) is 6. The highest BCUT2D eigenvalue weighted by Crippen LogP contribution is 2.22. The molecule has 2 atom stereocenters. The topological polar surface area (TPSA) is 109 Å². The third kappa shape index (κ3) is 9.18. The normalized spacial score (nSPS) is 18.5.